The Morgan fingerprint density at radius 3 is 2.66 bits per heavy atom. The van der Waals surface area contributed by atoms with Gasteiger partial charge in [0.25, 0.3) is 5.91 Å². The van der Waals surface area contributed by atoms with E-state index in [9.17, 15) is 9.59 Å². The lowest BCUT2D eigenvalue weighted by atomic mass is 9.96. The highest BCUT2D eigenvalue weighted by atomic mass is 16.5. The van der Waals surface area contributed by atoms with Crippen LogP contribution in [0.3, 0.4) is 0 Å². The predicted molar refractivity (Wildman–Crippen MR) is 135 cm³/mol. The Kier molecular flexibility index (Phi) is 7.86. The number of rotatable bonds is 7. The van der Waals surface area contributed by atoms with Crippen molar-refractivity contribution < 1.29 is 19.1 Å². The summed E-state index contributed by atoms with van der Waals surface area (Å²) in [7, 11) is 1.65. The van der Waals surface area contributed by atoms with E-state index >= 15 is 0 Å². The Morgan fingerprint density at radius 2 is 1.91 bits per heavy atom. The number of aryl methyl sites for hydroxylation is 2. The number of hydrogen-bond acceptors (Lipinski definition) is 6. The number of piperidine rings is 1. The summed E-state index contributed by atoms with van der Waals surface area (Å²) in [6.07, 6.45) is 2.27. The van der Waals surface area contributed by atoms with E-state index in [2.05, 4.69) is 36.9 Å². The molecular formula is C28H35N3O4. The molecule has 1 amide bonds. The molecule has 1 fully saturated rings. The largest absolute Gasteiger partial charge is 0.496 e. The van der Waals surface area contributed by atoms with Crippen LogP contribution in [0.4, 0.5) is 0 Å². The van der Waals surface area contributed by atoms with Gasteiger partial charge in [-0.25, -0.2) is 5.01 Å². The molecule has 2 atom stereocenters. The third-order valence-corrected chi connectivity index (χ3v) is 6.99. The number of esters is 1. The SMILES string of the molecule is CCOC(=O)[C@@H]1CCCN(CC(=O)N2N=C(c3ccc(C)c(C)c3)C[C@@H]2c2ccccc2OC)C1. The lowest BCUT2D eigenvalue weighted by Crippen LogP contribution is -2.44. The molecule has 7 heteroatoms. The maximum absolute atomic E-state index is 13.6. The van der Waals surface area contributed by atoms with Gasteiger partial charge >= 0.3 is 5.97 Å². The van der Waals surface area contributed by atoms with Crippen LogP contribution in [0.5, 0.6) is 5.75 Å². The van der Waals surface area contributed by atoms with Crippen molar-refractivity contribution in [2.24, 2.45) is 11.0 Å². The number of likely N-dealkylation sites (tertiary alicyclic amines) is 1. The number of carbonyl (C=O) groups is 2. The highest BCUT2D eigenvalue weighted by molar-refractivity contribution is 6.03. The molecule has 0 spiro atoms. The molecule has 2 heterocycles. The molecule has 1 saturated heterocycles. The zero-order chi connectivity index (χ0) is 24.9. The summed E-state index contributed by atoms with van der Waals surface area (Å²) in [4.78, 5) is 27.9. The molecule has 0 N–H and O–H groups in total. The fourth-order valence-electron chi connectivity index (χ4n) is 4.94. The summed E-state index contributed by atoms with van der Waals surface area (Å²) in [5.74, 6) is 0.305. The average molecular weight is 478 g/mol. The molecule has 2 aliphatic rings. The lowest BCUT2D eigenvalue weighted by molar-refractivity contribution is -0.150. The molecule has 4 rings (SSSR count). The first-order valence-electron chi connectivity index (χ1n) is 12.4. The molecule has 0 aliphatic carbocycles. The summed E-state index contributed by atoms with van der Waals surface area (Å²) < 4.78 is 10.8. The number of ether oxygens (including phenoxy) is 2. The number of methoxy groups -OCH3 is 1. The van der Waals surface area contributed by atoms with E-state index in [0.29, 0.717) is 19.6 Å². The Bertz CT molecular complexity index is 1110. The van der Waals surface area contributed by atoms with Gasteiger partial charge in [0.15, 0.2) is 0 Å². The maximum Gasteiger partial charge on any atom is 0.310 e. The highest BCUT2D eigenvalue weighted by Gasteiger charge is 2.36. The van der Waals surface area contributed by atoms with Crippen molar-refractivity contribution in [3.05, 3.63) is 64.7 Å². The van der Waals surface area contributed by atoms with Crippen LogP contribution in [0.2, 0.25) is 0 Å². The number of para-hydroxylation sites is 1. The molecule has 186 valence electrons. The fraction of sp³-hybridized carbons (Fsp3) is 0.464. The number of hydrazone groups is 1. The van der Waals surface area contributed by atoms with Crippen LogP contribution in [-0.4, -0.2) is 60.8 Å². The normalized spacial score (nSPS) is 20.5. The van der Waals surface area contributed by atoms with Crippen molar-refractivity contribution in [3.8, 4) is 5.75 Å². The smallest absolute Gasteiger partial charge is 0.310 e. The molecule has 2 aromatic rings. The van der Waals surface area contributed by atoms with Crippen molar-refractivity contribution in [2.75, 3.05) is 33.4 Å². The standard InChI is InChI=1S/C28H35N3O4/c1-5-35-28(33)22-9-8-14-30(17-22)18-27(32)31-25(23-10-6-7-11-26(23)34-4)16-24(29-31)21-13-12-19(2)20(3)15-21/h6-7,10-13,15,22,25H,5,8-9,14,16-18H2,1-4H3/t22-,25-/m1/s1. The van der Waals surface area contributed by atoms with Crippen LogP contribution in [0.15, 0.2) is 47.6 Å². The van der Waals surface area contributed by atoms with Crippen molar-refractivity contribution in [1.82, 2.24) is 9.91 Å². The minimum absolute atomic E-state index is 0.0794. The van der Waals surface area contributed by atoms with Crippen LogP contribution >= 0.6 is 0 Å². The third kappa shape index (κ3) is 5.56. The third-order valence-electron chi connectivity index (χ3n) is 6.99. The second-order valence-electron chi connectivity index (χ2n) is 9.37. The van der Waals surface area contributed by atoms with Crippen LogP contribution in [0, 0.1) is 19.8 Å². The first-order chi connectivity index (χ1) is 16.9. The Hall–Kier alpha value is -3.19. The van der Waals surface area contributed by atoms with Crippen LogP contribution in [0.25, 0.3) is 0 Å². The van der Waals surface area contributed by atoms with E-state index in [-0.39, 0.29) is 30.4 Å². The predicted octanol–water partition coefficient (Wildman–Crippen LogP) is 4.26. The number of carbonyl (C=O) groups excluding carboxylic acids is 2. The lowest BCUT2D eigenvalue weighted by Gasteiger charge is -2.32. The quantitative estimate of drug-likeness (QED) is 0.557. The summed E-state index contributed by atoms with van der Waals surface area (Å²) in [6, 6.07) is 13.9. The molecule has 7 nitrogen and oxygen atoms in total. The molecular weight excluding hydrogens is 442 g/mol. The van der Waals surface area contributed by atoms with Gasteiger partial charge in [0.1, 0.15) is 5.75 Å². The Balaban J connectivity index is 1.59. The van der Waals surface area contributed by atoms with Crippen LogP contribution in [-0.2, 0) is 14.3 Å². The van der Waals surface area contributed by atoms with Crippen molar-refractivity contribution in [1.29, 1.82) is 0 Å². The van der Waals surface area contributed by atoms with E-state index in [1.807, 2.05) is 31.2 Å². The Morgan fingerprint density at radius 1 is 1.11 bits per heavy atom. The minimum Gasteiger partial charge on any atom is -0.496 e. The van der Waals surface area contributed by atoms with E-state index in [0.717, 1.165) is 42.0 Å². The van der Waals surface area contributed by atoms with Gasteiger partial charge in [-0.2, -0.15) is 5.10 Å². The van der Waals surface area contributed by atoms with E-state index in [1.54, 1.807) is 12.1 Å². The maximum atomic E-state index is 13.6. The molecule has 35 heavy (non-hydrogen) atoms. The average Bonchev–Trinajstić information content (AvgIpc) is 3.31. The minimum atomic E-state index is -0.249. The second-order valence-corrected chi connectivity index (χ2v) is 9.37. The molecule has 0 unspecified atom stereocenters. The number of hydrogen-bond donors (Lipinski definition) is 0. The second kappa shape index (κ2) is 11.0. The fourth-order valence-corrected chi connectivity index (χ4v) is 4.94. The van der Waals surface area contributed by atoms with Crippen molar-refractivity contribution in [3.63, 3.8) is 0 Å². The molecule has 2 aliphatic heterocycles. The molecule has 0 aromatic heterocycles. The van der Waals surface area contributed by atoms with Gasteiger partial charge in [0.2, 0.25) is 0 Å². The Labute approximate surface area is 207 Å². The molecule has 0 bridgehead atoms. The molecule has 2 aromatic carbocycles. The first kappa shape index (κ1) is 24.9. The molecule has 0 radical (unpaired) electrons. The molecule has 0 saturated carbocycles. The zero-order valence-electron chi connectivity index (χ0n) is 21.1. The zero-order valence-corrected chi connectivity index (χ0v) is 21.1. The van der Waals surface area contributed by atoms with Gasteiger partial charge in [0.05, 0.1) is 37.9 Å². The van der Waals surface area contributed by atoms with E-state index in [4.69, 9.17) is 14.6 Å². The summed E-state index contributed by atoms with van der Waals surface area (Å²) in [6.45, 7) is 7.90. The van der Waals surface area contributed by atoms with Crippen LogP contribution in [0.1, 0.15) is 54.5 Å². The number of amides is 1. The first-order valence-corrected chi connectivity index (χ1v) is 12.4. The van der Waals surface area contributed by atoms with Gasteiger partial charge in [-0.3, -0.25) is 14.5 Å². The number of benzene rings is 2. The van der Waals surface area contributed by atoms with Crippen LogP contribution < -0.4 is 4.74 Å². The van der Waals surface area contributed by atoms with Gasteiger partial charge in [-0.1, -0.05) is 30.3 Å². The van der Waals surface area contributed by atoms with E-state index < -0.39 is 0 Å². The van der Waals surface area contributed by atoms with Gasteiger partial charge in [-0.05, 0) is 69.0 Å². The van der Waals surface area contributed by atoms with Crippen molar-refractivity contribution in [2.45, 2.75) is 46.1 Å². The highest BCUT2D eigenvalue weighted by Crippen LogP contribution is 2.37. The summed E-state index contributed by atoms with van der Waals surface area (Å²) >= 11 is 0. The topological polar surface area (TPSA) is 71.4 Å². The van der Waals surface area contributed by atoms with Crippen molar-refractivity contribution >= 4 is 17.6 Å². The summed E-state index contributed by atoms with van der Waals surface area (Å²) in [5, 5.41) is 6.46. The number of nitrogens with zero attached hydrogens (tertiary/aromatic N) is 3. The van der Waals surface area contributed by atoms with Gasteiger partial charge in [-0.15, -0.1) is 0 Å². The monoisotopic (exact) mass is 477 g/mol. The summed E-state index contributed by atoms with van der Waals surface area (Å²) in [5.41, 5.74) is 5.28. The van der Waals surface area contributed by atoms with E-state index in [1.165, 1.54) is 11.1 Å². The van der Waals surface area contributed by atoms with Gasteiger partial charge < -0.3 is 9.47 Å². The van der Waals surface area contributed by atoms with Gasteiger partial charge in [0, 0.05) is 18.5 Å².